The number of amides is 2. The van der Waals surface area contributed by atoms with E-state index in [9.17, 15) is 9.59 Å². The summed E-state index contributed by atoms with van der Waals surface area (Å²) in [5.41, 5.74) is 9.61. The normalized spacial score (nSPS) is 11.0. The van der Waals surface area contributed by atoms with Crippen molar-refractivity contribution in [2.75, 3.05) is 6.61 Å². The van der Waals surface area contributed by atoms with Crippen LogP contribution < -0.4 is 15.9 Å². The molecule has 0 aliphatic heterocycles. The molecule has 0 atom stereocenters. The van der Waals surface area contributed by atoms with Crippen LogP contribution in [0.4, 0.5) is 0 Å². The fraction of sp³-hybridized carbons (Fsp3) is 0.176. The number of carbonyl (C=O) groups is 2. The minimum atomic E-state index is -0.534. The van der Waals surface area contributed by atoms with Crippen molar-refractivity contribution in [3.8, 4) is 5.75 Å². The van der Waals surface area contributed by atoms with Gasteiger partial charge in [-0.1, -0.05) is 6.92 Å². The van der Waals surface area contributed by atoms with Gasteiger partial charge in [0, 0.05) is 18.0 Å². The zero-order valence-corrected chi connectivity index (χ0v) is 13.2. The number of primary amides is 1. The van der Waals surface area contributed by atoms with Crippen molar-refractivity contribution in [2.45, 2.75) is 13.3 Å². The molecule has 124 valence electrons. The fourth-order valence-electron chi connectivity index (χ4n) is 1.93. The molecule has 0 bridgehead atoms. The average molecular weight is 326 g/mol. The number of rotatable bonds is 7. The monoisotopic (exact) mass is 326 g/mol. The molecule has 2 amide bonds. The first-order valence-corrected chi connectivity index (χ1v) is 7.38. The Morgan fingerprint density at radius 3 is 2.38 bits per heavy atom. The average Bonchev–Trinajstić information content (AvgIpc) is 2.62. The van der Waals surface area contributed by atoms with Gasteiger partial charge in [0.2, 0.25) is 0 Å². The minimum absolute atomic E-state index is 0.171. The molecule has 7 heteroatoms. The lowest BCUT2D eigenvalue weighted by Gasteiger charge is -2.07. The van der Waals surface area contributed by atoms with E-state index >= 15 is 0 Å². The topological polar surface area (TPSA) is 107 Å². The summed E-state index contributed by atoms with van der Waals surface area (Å²) in [7, 11) is 0. The number of benzene rings is 1. The zero-order chi connectivity index (χ0) is 17.4. The maximum Gasteiger partial charge on any atom is 0.271 e. The summed E-state index contributed by atoms with van der Waals surface area (Å²) in [5, 5.41) is 4.17. The molecule has 0 unspecified atom stereocenters. The summed E-state index contributed by atoms with van der Waals surface area (Å²) in [4.78, 5) is 26.5. The van der Waals surface area contributed by atoms with Gasteiger partial charge in [-0.25, -0.2) is 5.43 Å². The predicted octanol–water partition coefficient (Wildman–Crippen LogP) is 1.49. The predicted molar refractivity (Wildman–Crippen MR) is 89.7 cm³/mol. The van der Waals surface area contributed by atoms with Crippen LogP contribution >= 0.6 is 0 Å². The molecule has 0 saturated carbocycles. The lowest BCUT2D eigenvalue weighted by molar-refractivity contribution is -0.119. The van der Waals surface area contributed by atoms with Crippen molar-refractivity contribution in [2.24, 2.45) is 10.8 Å². The Hall–Kier alpha value is -3.22. The molecule has 24 heavy (non-hydrogen) atoms. The maximum atomic E-state index is 12.0. The minimum Gasteiger partial charge on any atom is -0.484 e. The Kier molecular flexibility index (Phi) is 6.01. The number of hydrazone groups is 1. The van der Waals surface area contributed by atoms with E-state index in [2.05, 4.69) is 15.5 Å². The van der Waals surface area contributed by atoms with Crippen LogP contribution in [0.2, 0.25) is 0 Å². The van der Waals surface area contributed by atoms with Crippen LogP contribution in [0.5, 0.6) is 5.75 Å². The molecular weight excluding hydrogens is 308 g/mol. The van der Waals surface area contributed by atoms with E-state index < -0.39 is 5.91 Å². The molecule has 0 aliphatic rings. The van der Waals surface area contributed by atoms with Gasteiger partial charge in [0.25, 0.3) is 11.8 Å². The van der Waals surface area contributed by atoms with E-state index in [1.54, 1.807) is 48.8 Å². The third kappa shape index (κ3) is 4.91. The van der Waals surface area contributed by atoms with Crippen LogP contribution in [0, 0.1) is 0 Å². The SMILES string of the molecule is CC/C(=N\NC(=O)c1ccncc1)c1ccc(OCC(N)=O)cc1. The highest BCUT2D eigenvalue weighted by atomic mass is 16.5. The lowest BCUT2D eigenvalue weighted by atomic mass is 10.1. The zero-order valence-electron chi connectivity index (χ0n) is 13.2. The Labute approximate surface area is 139 Å². The van der Waals surface area contributed by atoms with E-state index in [0.29, 0.717) is 17.7 Å². The van der Waals surface area contributed by atoms with Gasteiger partial charge in [-0.3, -0.25) is 14.6 Å². The van der Waals surface area contributed by atoms with E-state index in [4.69, 9.17) is 10.5 Å². The summed E-state index contributed by atoms with van der Waals surface area (Å²) in [6, 6.07) is 10.3. The van der Waals surface area contributed by atoms with E-state index in [0.717, 1.165) is 11.3 Å². The molecule has 7 nitrogen and oxygen atoms in total. The van der Waals surface area contributed by atoms with Crippen LogP contribution in [-0.4, -0.2) is 29.1 Å². The number of nitrogens with one attached hydrogen (secondary N) is 1. The van der Waals surface area contributed by atoms with E-state index in [1.165, 1.54) is 0 Å². The Morgan fingerprint density at radius 1 is 1.12 bits per heavy atom. The van der Waals surface area contributed by atoms with Gasteiger partial charge in [-0.2, -0.15) is 5.10 Å². The fourth-order valence-corrected chi connectivity index (χ4v) is 1.93. The van der Waals surface area contributed by atoms with Crippen molar-refractivity contribution in [3.63, 3.8) is 0 Å². The largest absolute Gasteiger partial charge is 0.484 e. The number of pyridine rings is 1. The first-order valence-electron chi connectivity index (χ1n) is 7.38. The maximum absolute atomic E-state index is 12.0. The van der Waals surface area contributed by atoms with E-state index in [-0.39, 0.29) is 12.5 Å². The number of carbonyl (C=O) groups excluding carboxylic acids is 2. The standard InChI is InChI=1S/C17H18N4O3/c1-2-15(20-21-17(23)13-7-9-19-10-8-13)12-3-5-14(6-4-12)24-11-16(18)22/h3-10H,2,11H2,1H3,(H2,18,22)(H,21,23)/b20-15+. The first-order chi connectivity index (χ1) is 11.6. The summed E-state index contributed by atoms with van der Waals surface area (Å²) in [5.74, 6) is -0.299. The molecule has 0 aliphatic carbocycles. The van der Waals surface area contributed by atoms with Crippen LogP contribution in [0.25, 0.3) is 0 Å². The highest BCUT2D eigenvalue weighted by Gasteiger charge is 2.06. The summed E-state index contributed by atoms with van der Waals surface area (Å²) < 4.78 is 5.20. The molecule has 0 spiro atoms. The number of aromatic nitrogens is 1. The van der Waals surface area contributed by atoms with Crippen LogP contribution in [0.3, 0.4) is 0 Å². The molecule has 2 aromatic rings. The molecule has 0 radical (unpaired) electrons. The van der Waals surface area contributed by atoms with Crippen molar-refractivity contribution in [3.05, 3.63) is 59.9 Å². The van der Waals surface area contributed by atoms with Gasteiger partial charge in [0.1, 0.15) is 5.75 Å². The summed E-state index contributed by atoms with van der Waals surface area (Å²) in [6.07, 6.45) is 3.73. The van der Waals surface area contributed by atoms with Crippen molar-refractivity contribution >= 4 is 17.5 Å². The quantitative estimate of drug-likeness (QED) is 0.594. The molecular formula is C17H18N4O3. The molecule has 3 N–H and O–H groups in total. The third-order valence-corrected chi connectivity index (χ3v) is 3.14. The van der Waals surface area contributed by atoms with Crippen LogP contribution in [0.15, 0.2) is 53.9 Å². The molecule has 1 aromatic heterocycles. The highest BCUT2D eigenvalue weighted by Crippen LogP contribution is 2.14. The highest BCUT2D eigenvalue weighted by molar-refractivity contribution is 6.02. The first kappa shape index (κ1) is 17.1. The second-order valence-electron chi connectivity index (χ2n) is 4.87. The van der Waals surface area contributed by atoms with Gasteiger partial charge >= 0.3 is 0 Å². The Balaban J connectivity index is 2.04. The number of nitrogens with zero attached hydrogens (tertiary/aromatic N) is 2. The van der Waals surface area contributed by atoms with Gasteiger partial charge in [0.15, 0.2) is 6.61 Å². The van der Waals surface area contributed by atoms with Crippen LogP contribution in [-0.2, 0) is 4.79 Å². The molecule has 0 saturated heterocycles. The molecule has 1 heterocycles. The van der Waals surface area contributed by atoms with Crippen molar-refractivity contribution in [1.29, 1.82) is 0 Å². The lowest BCUT2D eigenvalue weighted by Crippen LogP contribution is -2.20. The smallest absolute Gasteiger partial charge is 0.271 e. The summed E-state index contributed by atoms with van der Waals surface area (Å²) in [6.45, 7) is 1.77. The molecule has 1 aromatic carbocycles. The van der Waals surface area contributed by atoms with E-state index in [1.807, 2.05) is 6.92 Å². The molecule has 2 rings (SSSR count). The van der Waals surface area contributed by atoms with Gasteiger partial charge in [-0.15, -0.1) is 0 Å². The van der Waals surface area contributed by atoms with Gasteiger partial charge in [-0.05, 0) is 48.4 Å². The number of hydrogen-bond acceptors (Lipinski definition) is 5. The van der Waals surface area contributed by atoms with Crippen molar-refractivity contribution < 1.29 is 14.3 Å². The third-order valence-electron chi connectivity index (χ3n) is 3.14. The summed E-state index contributed by atoms with van der Waals surface area (Å²) >= 11 is 0. The second-order valence-corrected chi connectivity index (χ2v) is 4.87. The Bertz CT molecular complexity index is 727. The second kappa shape index (κ2) is 8.42. The number of hydrogen-bond donors (Lipinski definition) is 2. The number of ether oxygens (including phenoxy) is 1. The molecule has 0 fully saturated rings. The Morgan fingerprint density at radius 2 is 1.79 bits per heavy atom. The number of nitrogens with two attached hydrogens (primary N) is 1. The van der Waals surface area contributed by atoms with Crippen LogP contribution in [0.1, 0.15) is 29.3 Å². The van der Waals surface area contributed by atoms with Gasteiger partial charge in [0.05, 0.1) is 5.71 Å². The van der Waals surface area contributed by atoms with Gasteiger partial charge < -0.3 is 10.5 Å². The van der Waals surface area contributed by atoms with Crippen molar-refractivity contribution in [1.82, 2.24) is 10.4 Å².